The van der Waals surface area contributed by atoms with E-state index >= 15 is 0 Å². The first-order valence-corrected chi connectivity index (χ1v) is 5.27. The standard InChI is InChI=1S/C10H20N2O3/c1-3-6-11-9(14)4-5-10(15)12-7-8(2)13/h8,13H,3-7H2,1-2H3,(H,11,14)(H,12,15). The number of carbonyl (C=O) groups is 2. The van der Waals surface area contributed by atoms with Gasteiger partial charge in [-0.05, 0) is 13.3 Å². The summed E-state index contributed by atoms with van der Waals surface area (Å²) >= 11 is 0. The van der Waals surface area contributed by atoms with E-state index in [0.717, 1.165) is 6.42 Å². The Labute approximate surface area is 90.2 Å². The number of aliphatic hydroxyl groups is 1. The highest BCUT2D eigenvalue weighted by Gasteiger charge is 2.06. The number of nitrogens with one attached hydrogen (secondary N) is 2. The van der Waals surface area contributed by atoms with E-state index < -0.39 is 6.10 Å². The lowest BCUT2D eigenvalue weighted by atomic mass is 10.2. The van der Waals surface area contributed by atoms with Crippen molar-refractivity contribution in [1.82, 2.24) is 10.6 Å². The second kappa shape index (κ2) is 8.23. The molecule has 88 valence electrons. The molecule has 0 aromatic rings. The molecule has 0 radical (unpaired) electrons. The Hall–Kier alpha value is -1.10. The van der Waals surface area contributed by atoms with E-state index in [1.165, 1.54) is 0 Å². The molecular formula is C10H20N2O3. The number of hydrogen-bond donors (Lipinski definition) is 3. The van der Waals surface area contributed by atoms with Gasteiger partial charge in [0, 0.05) is 25.9 Å². The molecule has 0 saturated heterocycles. The van der Waals surface area contributed by atoms with Crippen LogP contribution in [0.15, 0.2) is 0 Å². The van der Waals surface area contributed by atoms with Crippen molar-refractivity contribution in [1.29, 1.82) is 0 Å². The molecule has 1 atom stereocenters. The molecule has 2 amide bonds. The molecule has 3 N–H and O–H groups in total. The Morgan fingerprint density at radius 1 is 1.20 bits per heavy atom. The molecule has 0 spiro atoms. The Morgan fingerprint density at radius 2 is 1.73 bits per heavy atom. The van der Waals surface area contributed by atoms with E-state index in [2.05, 4.69) is 10.6 Å². The molecule has 0 aliphatic rings. The van der Waals surface area contributed by atoms with Crippen molar-refractivity contribution in [3.8, 4) is 0 Å². The quantitative estimate of drug-likeness (QED) is 0.551. The normalized spacial score (nSPS) is 11.9. The fourth-order valence-electron chi connectivity index (χ4n) is 0.930. The number of hydrogen-bond acceptors (Lipinski definition) is 3. The van der Waals surface area contributed by atoms with E-state index in [-0.39, 0.29) is 31.2 Å². The van der Waals surface area contributed by atoms with Gasteiger partial charge >= 0.3 is 0 Å². The van der Waals surface area contributed by atoms with Crippen LogP contribution in [0.2, 0.25) is 0 Å². The largest absolute Gasteiger partial charge is 0.392 e. The maximum Gasteiger partial charge on any atom is 0.220 e. The minimum Gasteiger partial charge on any atom is -0.392 e. The van der Waals surface area contributed by atoms with Gasteiger partial charge in [-0.25, -0.2) is 0 Å². The fraction of sp³-hybridized carbons (Fsp3) is 0.800. The summed E-state index contributed by atoms with van der Waals surface area (Å²) in [6.45, 7) is 4.44. The van der Waals surface area contributed by atoms with E-state index in [9.17, 15) is 9.59 Å². The molecule has 0 fully saturated rings. The molecule has 0 bridgehead atoms. The van der Waals surface area contributed by atoms with Gasteiger partial charge in [0.15, 0.2) is 0 Å². The molecule has 5 nitrogen and oxygen atoms in total. The number of carbonyl (C=O) groups excluding carboxylic acids is 2. The van der Waals surface area contributed by atoms with Gasteiger partial charge in [0.1, 0.15) is 0 Å². The van der Waals surface area contributed by atoms with Crippen molar-refractivity contribution in [2.45, 2.75) is 39.2 Å². The van der Waals surface area contributed by atoms with Crippen LogP contribution < -0.4 is 10.6 Å². The lowest BCUT2D eigenvalue weighted by Gasteiger charge is -2.07. The Bertz CT molecular complexity index is 205. The highest BCUT2D eigenvalue weighted by Crippen LogP contribution is 1.89. The van der Waals surface area contributed by atoms with Gasteiger partial charge < -0.3 is 15.7 Å². The van der Waals surface area contributed by atoms with Crippen LogP contribution in [0, 0.1) is 0 Å². The molecule has 1 unspecified atom stereocenters. The average molecular weight is 216 g/mol. The first-order chi connectivity index (χ1) is 7.06. The van der Waals surface area contributed by atoms with Crippen LogP contribution in [-0.2, 0) is 9.59 Å². The topological polar surface area (TPSA) is 78.4 Å². The maximum absolute atomic E-state index is 11.1. The van der Waals surface area contributed by atoms with Crippen molar-refractivity contribution in [3.05, 3.63) is 0 Å². The molecule has 0 saturated carbocycles. The van der Waals surface area contributed by atoms with Gasteiger partial charge in [0.2, 0.25) is 11.8 Å². The zero-order chi connectivity index (χ0) is 11.7. The maximum atomic E-state index is 11.1. The fourth-order valence-corrected chi connectivity index (χ4v) is 0.930. The van der Waals surface area contributed by atoms with Crippen molar-refractivity contribution < 1.29 is 14.7 Å². The van der Waals surface area contributed by atoms with Gasteiger partial charge in [-0.3, -0.25) is 9.59 Å². The summed E-state index contributed by atoms with van der Waals surface area (Å²) in [5.74, 6) is -0.313. The van der Waals surface area contributed by atoms with Crippen LogP contribution in [0.25, 0.3) is 0 Å². The number of amides is 2. The predicted molar refractivity (Wildman–Crippen MR) is 57.2 cm³/mol. The summed E-state index contributed by atoms with van der Waals surface area (Å²) in [7, 11) is 0. The van der Waals surface area contributed by atoms with Gasteiger partial charge in [-0.15, -0.1) is 0 Å². The third-order valence-corrected chi connectivity index (χ3v) is 1.75. The highest BCUT2D eigenvalue weighted by molar-refractivity contribution is 5.83. The SMILES string of the molecule is CCCNC(=O)CCC(=O)NCC(C)O. The smallest absolute Gasteiger partial charge is 0.220 e. The van der Waals surface area contributed by atoms with Crippen LogP contribution in [0.5, 0.6) is 0 Å². The minimum absolute atomic E-state index is 0.107. The molecular weight excluding hydrogens is 196 g/mol. The Kier molecular flexibility index (Phi) is 7.62. The molecule has 0 rings (SSSR count). The Balaban J connectivity index is 3.49. The van der Waals surface area contributed by atoms with Crippen molar-refractivity contribution in [2.24, 2.45) is 0 Å². The second-order valence-electron chi connectivity index (χ2n) is 3.50. The van der Waals surface area contributed by atoms with Crippen LogP contribution in [0.3, 0.4) is 0 Å². The van der Waals surface area contributed by atoms with Crippen LogP contribution in [-0.4, -0.2) is 36.1 Å². The second-order valence-corrected chi connectivity index (χ2v) is 3.50. The van der Waals surface area contributed by atoms with Gasteiger partial charge in [-0.1, -0.05) is 6.92 Å². The van der Waals surface area contributed by atoms with Crippen molar-refractivity contribution in [3.63, 3.8) is 0 Å². The zero-order valence-electron chi connectivity index (χ0n) is 9.38. The van der Waals surface area contributed by atoms with Crippen molar-refractivity contribution >= 4 is 11.8 Å². The van der Waals surface area contributed by atoms with Gasteiger partial charge in [0.05, 0.1) is 6.10 Å². The third kappa shape index (κ3) is 9.21. The summed E-state index contributed by atoms with van der Waals surface area (Å²) < 4.78 is 0. The van der Waals surface area contributed by atoms with Gasteiger partial charge in [-0.2, -0.15) is 0 Å². The zero-order valence-corrected chi connectivity index (χ0v) is 9.38. The lowest BCUT2D eigenvalue weighted by molar-refractivity contribution is -0.126. The summed E-state index contributed by atoms with van der Waals surface area (Å²) in [5.41, 5.74) is 0. The first-order valence-electron chi connectivity index (χ1n) is 5.27. The molecule has 15 heavy (non-hydrogen) atoms. The summed E-state index contributed by atoms with van der Waals surface area (Å²) in [6.07, 6.45) is 0.705. The van der Waals surface area contributed by atoms with E-state index in [1.807, 2.05) is 6.92 Å². The van der Waals surface area contributed by atoms with E-state index in [1.54, 1.807) is 6.92 Å². The Morgan fingerprint density at radius 3 is 2.20 bits per heavy atom. The molecule has 0 aromatic heterocycles. The number of rotatable bonds is 7. The highest BCUT2D eigenvalue weighted by atomic mass is 16.3. The average Bonchev–Trinajstić information content (AvgIpc) is 2.20. The number of aliphatic hydroxyl groups excluding tert-OH is 1. The van der Waals surface area contributed by atoms with E-state index in [0.29, 0.717) is 6.54 Å². The van der Waals surface area contributed by atoms with Gasteiger partial charge in [0.25, 0.3) is 0 Å². The molecule has 0 aromatic carbocycles. The molecule has 0 heterocycles. The lowest BCUT2D eigenvalue weighted by Crippen LogP contribution is -2.32. The van der Waals surface area contributed by atoms with Crippen LogP contribution in [0.1, 0.15) is 33.1 Å². The van der Waals surface area contributed by atoms with Crippen LogP contribution in [0.4, 0.5) is 0 Å². The summed E-state index contributed by atoms with van der Waals surface area (Å²) in [4.78, 5) is 22.2. The summed E-state index contributed by atoms with van der Waals surface area (Å²) in [5, 5.41) is 14.1. The third-order valence-electron chi connectivity index (χ3n) is 1.75. The molecule has 5 heteroatoms. The minimum atomic E-state index is -0.553. The molecule has 0 aliphatic carbocycles. The van der Waals surface area contributed by atoms with Crippen LogP contribution >= 0.6 is 0 Å². The van der Waals surface area contributed by atoms with E-state index in [4.69, 9.17) is 5.11 Å². The summed E-state index contributed by atoms with van der Waals surface area (Å²) in [6, 6.07) is 0. The van der Waals surface area contributed by atoms with Crippen molar-refractivity contribution in [2.75, 3.05) is 13.1 Å². The first kappa shape index (κ1) is 13.9. The molecule has 0 aliphatic heterocycles. The predicted octanol–water partition coefficient (Wildman–Crippen LogP) is -0.210. The monoisotopic (exact) mass is 216 g/mol.